The van der Waals surface area contributed by atoms with Gasteiger partial charge in [0.05, 0.1) is 30.9 Å². The number of carbonyl (C=O) groups excluding carboxylic acids is 2. The molecule has 20 heavy (non-hydrogen) atoms. The number of hydrogen-bond donors (Lipinski definition) is 4. The molecule has 5 atom stereocenters. The highest BCUT2D eigenvalue weighted by atomic mass is 35.5. The molecular weight excluding hydrogens is 311 g/mol. The number of aliphatic hydroxyl groups excluding tert-OH is 2. The summed E-state index contributed by atoms with van der Waals surface area (Å²) < 4.78 is 5.50. The topological polar surface area (TPSA) is 108 Å². The molecule has 116 valence electrons. The van der Waals surface area contributed by atoms with Gasteiger partial charge in [-0.3, -0.25) is 9.59 Å². The first-order valence-corrected chi connectivity index (χ1v) is 7.16. The molecule has 2 unspecified atom stereocenters. The van der Waals surface area contributed by atoms with Gasteiger partial charge in [0.15, 0.2) is 0 Å². The molecule has 0 bridgehead atoms. The number of alkyl halides is 2. The molecule has 1 aliphatic rings. The zero-order valence-electron chi connectivity index (χ0n) is 10.9. The quantitative estimate of drug-likeness (QED) is 0.463. The second-order valence-electron chi connectivity index (χ2n) is 4.51. The normalized spacial score (nSPS) is 33.5. The average Bonchev–Trinajstić information content (AvgIpc) is 2.45. The van der Waals surface area contributed by atoms with Crippen molar-refractivity contribution < 1.29 is 24.5 Å². The average molecular weight is 329 g/mol. The first-order chi connectivity index (χ1) is 9.44. The summed E-state index contributed by atoms with van der Waals surface area (Å²) in [5, 5.41) is 24.5. The molecule has 0 aromatic carbocycles. The van der Waals surface area contributed by atoms with Gasteiger partial charge in [-0.15, -0.1) is 23.2 Å². The van der Waals surface area contributed by atoms with Gasteiger partial charge >= 0.3 is 0 Å². The maximum atomic E-state index is 11.4. The van der Waals surface area contributed by atoms with Crippen molar-refractivity contribution in [3.05, 3.63) is 0 Å². The van der Waals surface area contributed by atoms with Crippen molar-refractivity contribution in [2.45, 2.75) is 37.3 Å². The molecule has 0 saturated carbocycles. The predicted molar refractivity (Wildman–Crippen MR) is 72.7 cm³/mol. The lowest BCUT2D eigenvalue weighted by Gasteiger charge is -2.43. The van der Waals surface area contributed by atoms with Crippen molar-refractivity contribution in [3.8, 4) is 0 Å². The van der Waals surface area contributed by atoms with Crippen LogP contribution in [0.5, 0.6) is 0 Å². The van der Waals surface area contributed by atoms with Crippen molar-refractivity contribution in [1.82, 2.24) is 10.6 Å². The molecule has 4 N–H and O–H groups in total. The van der Waals surface area contributed by atoms with E-state index in [2.05, 4.69) is 10.6 Å². The second-order valence-corrected chi connectivity index (χ2v) is 5.04. The van der Waals surface area contributed by atoms with Crippen molar-refractivity contribution in [2.24, 2.45) is 0 Å². The molecule has 0 spiro atoms. The summed E-state index contributed by atoms with van der Waals surface area (Å²) in [6, 6.07) is -1.62. The lowest BCUT2D eigenvalue weighted by atomic mass is 9.91. The van der Waals surface area contributed by atoms with Gasteiger partial charge in [0.1, 0.15) is 17.9 Å². The minimum absolute atomic E-state index is 0.252. The monoisotopic (exact) mass is 328 g/mol. The van der Waals surface area contributed by atoms with E-state index in [1.54, 1.807) is 6.92 Å². The maximum Gasteiger partial charge on any atom is 0.235 e. The van der Waals surface area contributed by atoms with E-state index in [0.29, 0.717) is 0 Å². The molecule has 0 aliphatic carbocycles. The van der Waals surface area contributed by atoms with Crippen LogP contribution in [0.3, 0.4) is 0 Å². The number of rotatable bonds is 5. The summed E-state index contributed by atoms with van der Waals surface area (Å²) in [5.41, 5.74) is 0. The third-order valence-corrected chi connectivity index (χ3v) is 3.60. The molecule has 1 aliphatic heterocycles. The molecular formula is C11H18Cl2N2O5. The summed E-state index contributed by atoms with van der Waals surface area (Å²) in [6.45, 7) is 1.26. The fourth-order valence-electron chi connectivity index (χ4n) is 2.15. The Kier molecular flexibility index (Phi) is 6.97. The van der Waals surface area contributed by atoms with Crippen LogP contribution in [0.1, 0.15) is 6.92 Å². The Morgan fingerprint density at radius 3 is 2.10 bits per heavy atom. The molecule has 1 saturated heterocycles. The van der Waals surface area contributed by atoms with Gasteiger partial charge in [0.25, 0.3) is 0 Å². The van der Waals surface area contributed by atoms with Gasteiger partial charge in [-0.2, -0.15) is 0 Å². The van der Waals surface area contributed by atoms with Gasteiger partial charge < -0.3 is 25.6 Å². The van der Waals surface area contributed by atoms with E-state index < -0.39 is 42.2 Å². The van der Waals surface area contributed by atoms with Crippen LogP contribution >= 0.6 is 23.2 Å². The Balaban J connectivity index is 2.83. The minimum Gasteiger partial charge on any atom is -0.394 e. The molecule has 0 radical (unpaired) electrons. The number of aliphatic hydroxyl groups is 2. The number of ether oxygens (including phenoxy) is 1. The first kappa shape index (κ1) is 17.5. The maximum absolute atomic E-state index is 11.4. The molecule has 9 heteroatoms. The fraction of sp³-hybridized carbons (Fsp3) is 0.818. The van der Waals surface area contributed by atoms with E-state index in [1.807, 2.05) is 0 Å². The van der Waals surface area contributed by atoms with E-state index in [-0.39, 0.29) is 18.4 Å². The summed E-state index contributed by atoms with van der Waals surface area (Å²) in [4.78, 5) is 22.7. The Hall–Kier alpha value is -0.600. The lowest BCUT2D eigenvalue weighted by Crippen LogP contribution is -2.68. The number of halogens is 2. The first-order valence-electron chi connectivity index (χ1n) is 6.09. The largest absolute Gasteiger partial charge is 0.394 e. The summed E-state index contributed by atoms with van der Waals surface area (Å²) in [7, 11) is 0. The van der Waals surface area contributed by atoms with Crippen LogP contribution in [-0.2, 0) is 14.3 Å². The van der Waals surface area contributed by atoms with E-state index >= 15 is 0 Å². The molecule has 1 heterocycles. The predicted octanol–water partition coefficient (Wildman–Crippen LogP) is -1.43. The van der Waals surface area contributed by atoms with Crippen molar-refractivity contribution in [3.63, 3.8) is 0 Å². The standard InChI is InChI=1S/C11H18Cl2N2O5/c1-5-9(14-7(17)2-12)11(19)10(6(4-16)20-5)15-8(18)3-13/h5-6,9-11,16,19H,2-4H2,1H3,(H,14,17)(H,15,18)/t5-,6?,9?,10+,11+/m0/s1. The van der Waals surface area contributed by atoms with Crippen LogP contribution in [0.15, 0.2) is 0 Å². The highest BCUT2D eigenvalue weighted by Crippen LogP contribution is 2.21. The Labute approximate surface area is 126 Å². The van der Waals surface area contributed by atoms with E-state index in [1.165, 1.54) is 0 Å². The highest BCUT2D eigenvalue weighted by Gasteiger charge is 2.44. The second kappa shape index (κ2) is 7.99. The number of amides is 2. The molecule has 1 rings (SSSR count). The SMILES string of the molecule is C[C@@H]1OC(CO)[C@@H](NC(=O)CCl)[C@H](O)C1NC(=O)CCl. The Bertz CT molecular complexity index is 358. The van der Waals surface area contributed by atoms with Gasteiger partial charge in [-0.1, -0.05) is 0 Å². The Morgan fingerprint density at radius 1 is 1.15 bits per heavy atom. The van der Waals surface area contributed by atoms with Crippen molar-refractivity contribution in [1.29, 1.82) is 0 Å². The van der Waals surface area contributed by atoms with E-state index in [9.17, 15) is 19.8 Å². The zero-order valence-corrected chi connectivity index (χ0v) is 12.4. The van der Waals surface area contributed by atoms with E-state index in [0.717, 1.165) is 0 Å². The van der Waals surface area contributed by atoms with Crippen LogP contribution in [0.25, 0.3) is 0 Å². The molecule has 0 aromatic heterocycles. The van der Waals surface area contributed by atoms with Crippen molar-refractivity contribution >= 4 is 35.0 Å². The van der Waals surface area contributed by atoms with Gasteiger partial charge in [-0.05, 0) is 6.92 Å². The summed E-state index contributed by atoms with van der Waals surface area (Å²) in [6.07, 6.45) is -2.45. The number of hydrogen-bond acceptors (Lipinski definition) is 5. The summed E-state index contributed by atoms with van der Waals surface area (Å²) >= 11 is 10.8. The summed E-state index contributed by atoms with van der Waals surface area (Å²) in [5.74, 6) is -1.50. The minimum atomic E-state index is -1.13. The van der Waals surface area contributed by atoms with Crippen LogP contribution in [0.2, 0.25) is 0 Å². The van der Waals surface area contributed by atoms with Gasteiger partial charge in [0.2, 0.25) is 11.8 Å². The number of carbonyl (C=O) groups is 2. The van der Waals surface area contributed by atoms with Crippen LogP contribution < -0.4 is 10.6 Å². The van der Waals surface area contributed by atoms with Crippen LogP contribution in [0.4, 0.5) is 0 Å². The van der Waals surface area contributed by atoms with Crippen molar-refractivity contribution in [2.75, 3.05) is 18.4 Å². The van der Waals surface area contributed by atoms with Gasteiger partial charge in [-0.25, -0.2) is 0 Å². The highest BCUT2D eigenvalue weighted by molar-refractivity contribution is 6.27. The third kappa shape index (κ3) is 4.20. The van der Waals surface area contributed by atoms with Gasteiger partial charge in [0, 0.05) is 0 Å². The molecule has 7 nitrogen and oxygen atoms in total. The zero-order chi connectivity index (χ0) is 15.3. The number of nitrogens with one attached hydrogen (secondary N) is 2. The molecule has 2 amide bonds. The van der Waals surface area contributed by atoms with E-state index in [4.69, 9.17) is 27.9 Å². The lowest BCUT2D eigenvalue weighted by molar-refractivity contribution is -0.154. The fourth-order valence-corrected chi connectivity index (χ4v) is 2.31. The molecule has 1 fully saturated rings. The third-order valence-electron chi connectivity index (χ3n) is 3.11. The molecule has 0 aromatic rings. The van der Waals surface area contributed by atoms with Crippen LogP contribution in [0, 0.1) is 0 Å². The van der Waals surface area contributed by atoms with Crippen LogP contribution in [-0.4, -0.2) is 70.8 Å². The Morgan fingerprint density at radius 2 is 1.65 bits per heavy atom. The smallest absolute Gasteiger partial charge is 0.235 e.